The Morgan fingerprint density at radius 1 is 0.353 bits per heavy atom. The lowest BCUT2D eigenvalue weighted by Gasteiger charge is -2.50. The molecule has 10 N–H and O–H groups in total. The quantitative estimate of drug-likeness (QED) is 0.00889. The van der Waals surface area contributed by atoms with Crippen LogP contribution in [0.1, 0.15) is 420 Å². The molecule has 0 aromatic heterocycles. The van der Waals surface area contributed by atoms with Gasteiger partial charge in [-0.05, 0) is 57.3 Å². The second kappa shape index (κ2) is 71.3. The van der Waals surface area contributed by atoms with E-state index in [1.54, 1.807) is 0 Å². The van der Waals surface area contributed by atoms with Crippen LogP contribution in [0.2, 0.25) is 0 Å². The number of aliphatic hydroxyl groups excluding tert-OH is 9. The van der Waals surface area contributed by atoms with Crippen LogP contribution in [-0.2, 0) is 70.7 Å². The van der Waals surface area contributed by atoms with Crippen LogP contribution >= 0.6 is 7.82 Å². The molecule has 0 aromatic rings. The lowest BCUT2D eigenvalue weighted by atomic mass is 9.84. The highest BCUT2D eigenvalue weighted by molar-refractivity contribution is 7.47. The summed E-state index contributed by atoms with van der Waals surface area (Å²) < 4.78 is 73.5. The number of carbonyl (C=O) groups is 4. The van der Waals surface area contributed by atoms with Crippen molar-refractivity contribution < 1.29 is 122 Å². The Bertz CT molecular complexity index is 2530. The number of phosphoric ester groups is 1. The van der Waals surface area contributed by atoms with Crippen LogP contribution in [0.15, 0.2) is 12.2 Å². The molecule has 0 radical (unpaired) electrons. The third-order valence-corrected chi connectivity index (χ3v) is 24.9. The van der Waals surface area contributed by atoms with E-state index in [0.717, 1.165) is 122 Å². The molecular weight excluding hydrogens is 1550 g/mol. The van der Waals surface area contributed by atoms with E-state index in [1.165, 1.54) is 199 Å². The van der Waals surface area contributed by atoms with Crippen molar-refractivity contribution in [3.63, 3.8) is 0 Å². The number of hydrogen-bond acceptors (Lipinski definition) is 24. The summed E-state index contributed by atoms with van der Waals surface area (Å²) in [4.78, 5) is 66.5. The van der Waals surface area contributed by atoms with E-state index in [4.69, 9.17) is 46.9 Å². The third kappa shape index (κ3) is 51.6. The zero-order valence-electron chi connectivity index (χ0n) is 74.8. The average molecular weight is 1720 g/mol. The lowest BCUT2D eigenvalue weighted by molar-refractivity contribution is -0.360. The number of allylic oxidation sites excluding steroid dienone is 2. The molecule has 2 saturated heterocycles. The molecule has 3 fully saturated rings. The van der Waals surface area contributed by atoms with E-state index in [1.807, 2.05) is 0 Å². The topological polar surface area (TPSA) is 380 Å². The second-order valence-electron chi connectivity index (χ2n) is 34.9. The molecule has 19 atom stereocenters. The van der Waals surface area contributed by atoms with E-state index < -0.39 is 162 Å². The highest BCUT2D eigenvalue weighted by Gasteiger charge is 2.60. The van der Waals surface area contributed by atoms with Crippen LogP contribution in [0, 0.1) is 5.92 Å². The summed E-state index contributed by atoms with van der Waals surface area (Å²) in [7, 11) is -5.81. The van der Waals surface area contributed by atoms with Gasteiger partial charge in [0.2, 0.25) is 0 Å². The van der Waals surface area contributed by atoms with Gasteiger partial charge in [0.25, 0.3) is 0 Å². The summed E-state index contributed by atoms with van der Waals surface area (Å²) in [6.45, 7) is 7.93. The number of ether oxygens (including phenoxy) is 8. The first-order valence-corrected chi connectivity index (χ1v) is 49.8. The molecule has 2 aliphatic heterocycles. The van der Waals surface area contributed by atoms with Crippen molar-refractivity contribution in [2.24, 2.45) is 5.92 Å². The maximum atomic E-state index is 14.9. The Kier molecular flexibility index (Phi) is 66.1. The summed E-state index contributed by atoms with van der Waals surface area (Å²) in [5.41, 5.74) is 0. The minimum Gasteiger partial charge on any atom is -0.463 e. The summed E-state index contributed by atoms with van der Waals surface area (Å²) in [5, 5.41) is 102. The molecule has 0 spiro atoms. The zero-order valence-corrected chi connectivity index (χ0v) is 75.7. The molecule has 26 heteroatoms. The molecule has 0 aromatic carbocycles. The van der Waals surface area contributed by atoms with E-state index in [2.05, 4.69) is 46.8 Å². The smallest absolute Gasteiger partial charge is 0.463 e. The number of rotatable bonds is 78. The van der Waals surface area contributed by atoms with E-state index in [-0.39, 0.29) is 25.7 Å². The van der Waals surface area contributed by atoms with Crippen LogP contribution in [0.5, 0.6) is 0 Å². The fourth-order valence-electron chi connectivity index (χ4n) is 16.1. The van der Waals surface area contributed by atoms with Crippen molar-refractivity contribution in [1.82, 2.24) is 0 Å². The minimum atomic E-state index is -5.81. The summed E-state index contributed by atoms with van der Waals surface area (Å²) in [5.74, 6) is -2.28. The van der Waals surface area contributed by atoms with Crippen molar-refractivity contribution in [2.45, 2.75) is 524 Å². The Hall–Kier alpha value is -2.79. The van der Waals surface area contributed by atoms with E-state index in [9.17, 15) is 74.6 Å². The second-order valence-corrected chi connectivity index (χ2v) is 36.3. The predicted molar refractivity (Wildman–Crippen MR) is 463 cm³/mol. The standard InChI is InChI=1S/C93H173O25P/c1-6-10-14-18-22-25-28-31-33-35-37-39-42-45-52-58-64-76(95)109-69-73(112-78(97)66-60-54-46-43-40-36-30-27-24-20-16-12-8-3)70-111-119(107,108)118-91-89(116-92-86(105)82(101)80(99)74(68-94)113-92)85(104)84(103)88(115-79(98)67-61-55-47-44-41-38-34-32-29-26-23-19-15-11-7-2)90(91)117-93-87(106)83(102)81(100)75(114-93)71-110-77(96)65-59-53-49-48-51-57-63-72(5)62-56-50-21-17-13-9-4/h36,40,72-75,80-94,99-106H,6-35,37-39,41-71H2,1-5H3,(H,107,108)/b40-36-. The Morgan fingerprint density at radius 3 is 1.09 bits per heavy atom. The van der Waals surface area contributed by atoms with Crippen LogP contribution in [0.3, 0.4) is 0 Å². The molecule has 0 bridgehead atoms. The maximum absolute atomic E-state index is 14.9. The van der Waals surface area contributed by atoms with Gasteiger partial charge in [-0.1, -0.05) is 355 Å². The van der Waals surface area contributed by atoms with Gasteiger partial charge in [-0.2, -0.15) is 0 Å². The molecule has 700 valence electrons. The molecule has 1 aliphatic carbocycles. The van der Waals surface area contributed by atoms with Gasteiger partial charge in [0.05, 0.1) is 13.2 Å². The van der Waals surface area contributed by atoms with Crippen molar-refractivity contribution in [3.8, 4) is 0 Å². The number of carbonyl (C=O) groups excluding carboxylic acids is 4. The molecule has 0 amide bonds. The van der Waals surface area contributed by atoms with Gasteiger partial charge in [-0.15, -0.1) is 0 Å². The van der Waals surface area contributed by atoms with Crippen molar-refractivity contribution in [2.75, 3.05) is 26.4 Å². The fraction of sp³-hybridized carbons (Fsp3) is 0.935. The lowest BCUT2D eigenvalue weighted by Crippen LogP contribution is -2.70. The van der Waals surface area contributed by atoms with Crippen LogP contribution in [0.4, 0.5) is 0 Å². The van der Waals surface area contributed by atoms with Crippen molar-refractivity contribution in [3.05, 3.63) is 12.2 Å². The Labute approximate surface area is 718 Å². The summed E-state index contributed by atoms with van der Waals surface area (Å²) >= 11 is 0. The van der Waals surface area contributed by atoms with Gasteiger partial charge >= 0.3 is 31.7 Å². The highest BCUT2D eigenvalue weighted by atomic mass is 31.2. The minimum absolute atomic E-state index is 0.0156. The third-order valence-electron chi connectivity index (χ3n) is 23.9. The zero-order chi connectivity index (χ0) is 86.9. The molecule has 3 aliphatic rings. The number of unbranched alkanes of at least 4 members (excludes halogenated alkanes) is 48. The number of esters is 4. The molecular formula is C93H173O25P. The Balaban J connectivity index is 1.91. The Morgan fingerprint density at radius 2 is 0.681 bits per heavy atom. The average Bonchev–Trinajstić information content (AvgIpc) is 0.754. The van der Waals surface area contributed by atoms with Gasteiger partial charge in [0, 0.05) is 25.7 Å². The first-order valence-electron chi connectivity index (χ1n) is 48.3. The number of hydrogen-bond donors (Lipinski definition) is 10. The van der Waals surface area contributed by atoms with Gasteiger partial charge in [-0.25, -0.2) is 4.57 Å². The van der Waals surface area contributed by atoms with Gasteiger partial charge in [-0.3, -0.25) is 28.2 Å². The largest absolute Gasteiger partial charge is 0.472 e. The van der Waals surface area contributed by atoms with Crippen molar-refractivity contribution in [1.29, 1.82) is 0 Å². The first-order chi connectivity index (χ1) is 57.6. The summed E-state index contributed by atoms with van der Waals surface area (Å²) in [6.07, 6.45) is 29.1. The monoisotopic (exact) mass is 1720 g/mol. The molecule has 119 heavy (non-hydrogen) atoms. The molecule has 19 unspecified atom stereocenters. The number of aliphatic hydroxyl groups is 9. The van der Waals surface area contributed by atoms with Crippen LogP contribution < -0.4 is 0 Å². The van der Waals surface area contributed by atoms with Crippen LogP contribution in [-0.4, -0.2) is 205 Å². The normalized spacial score (nSPS) is 25.1. The van der Waals surface area contributed by atoms with Gasteiger partial charge in [0.15, 0.2) is 24.8 Å². The molecule has 3 rings (SSSR count). The number of phosphoric acid groups is 1. The van der Waals surface area contributed by atoms with Crippen molar-refractivity contribution >= 4 is 31.7 Å². The molecule has 1 saturated carbocycles. The first kappa shape index (κ1) is 110. The molecule has 25 nitrogen and oxygen atoms in total. The SMILES string of the molecule is CCCCCCCC/C=C\CCCCCC(=O)OC(COC(=O)CCCCCCCCCCCCCCCCCC)COP(=O)(O)OC1C(OC2OC(CO)C(O)C(O)C2O)C(O)C(O)C(OC(=O)CCCCCCCCCCCCCCCCC)C1OC1OC(COC(=O)CCCCCCCCC(C)CCCCCCCC)C(O)C(O)C1O. The van der Waals surface area contributed by atoms with Gasteiger partial charge in [0.1, 0.15) is 92.6 Å². The highest BCUT2D eigenvalue weighted by Crippen LogP contribution is 2.49. The van der Waals surface area contributed by atoms with Gasteiger partial charge < -0.3 is 88.7 Å². The summed E-state index contributed by atoms with van der Waals surface area (Å²) in [6, 6.07) is 0. The van der Waals surface area contributed by atoms with E-state index in [0.29, 0.717) is 44.4 Å². The molecule has 2 heterocycles. The van der Waals surface area contributed by atoms with Crippen LogP contribution in [0.25, 0.3) is 0 Å². The fourth-order valence-corrected chi connectivity index (χ4v) is 17.1. The van der Waals surface area contributed by atoms with E-state index >= 15 is 0 Å². The maximum Gasteiger partial charge on any atom is 0.472 e. The predicted octanol–water partition coefficient (Wildman–Crippen LogP) is 18.2.